The highest BCUT2D eigenvalue weighted by molar-refractivity contribution is 5.71. The van der Waals surface area contributed by atoms with Crippen LogP contribution in [0.5, 0.6) is 23.0 Å². The van der Waals surface area contributed by atoms with Crippen LogP contribution in [-0.2, 0) is 0 Å². The van der Waals surface area contributed by atoms with E-state index in [2.05, 4.69) is 9.69 Å². The lowest BCUT2D eigenvalue weighted by molar-refractivity contribution is 0.403. The minimum atomic E-state index is -0.329. The van der Waals surface area contributed by atoms with Crippen molar-refractivity contribution in [3.05, 3.63) is 81.8 Å². The summed E-state index contributed by atoms with van der Waals surface area (Å²) in [6.07, 6.45) is 2.80. The number of phenolic OH excluding ortho intramolecular Hbond substituents is 4. The van der Waals surface area contributed by atoms with E-state index in [4.69, 9.17) is 13.1 Å². The molecule has 118 valence electrons. The zero-order chi connectivity index (χ0) is 17.7. The Kier molecular flexibility index (Phi) is 4.74. The molecule has 0 saturated carbocycles. The SMILES string of the molecule is [C-]#[N+]C(=C/c1ccc(O)c(O)c1)/C(=C\c1ccc(O)c(O)c1)[N+]#[C-]. The maximum Gasteiger partial charge on any atom is 0.195 e. The van der Waals surface area contributed by atoms with Gasteiger partial charge in [0.2, 0.25) is 0 Å². The molecule has 0 aromatic heterocycles. The smallest absolute Gasteiger partial charge is 0.195 e. The van der Waals surface area contributed by atoms with E-state index in [0.717, 1.165) is 0 Å². The van der Waals surface area contributed by atoms with Crippen molar-refractivity contribution in [3.63, 3.8) is 0 Å². The maximum absolute atomic E-state index is 9.49. The van der Waals surface area contributed by atoms with Gasteiger partial charge < -0.3 is 20.4 Å². The predicted molar refractivity (Wildman–Crippen MR) is 88.7 cm³/mol. The van der Waals surface area contributed by atoms with Crippen LogP contribution in [0.15, 0.2) is 47.8 Å². The normalized spacial score (nSPS) is 11.6. The topological polar surface area (TPSA) is 89.6 Å². The molecule has 0 atom stereocenters. The molecular weight excluding hydrogens is 308 g/mol. The molecule has 0 fully saturated rings. The quantitative estimate of drug-likeness (QED) is 0.394. The zero-order valence-corrected chi connectivity index (χ0v) is 12.3. The van der Waals surface area contributed by atoms with E-state index in [-0.39, 0.29) is 34.4 Å². The first-order valence-electron chi connectivity index (χ1n) is 6.67. The summed E-state index contributed by atoms with van der Waals surface area (Å²) in [5.74, 6) is -1.22. The molecule has 0 aliphatic heterocycles. The van der Waals surface area contributed by atoms with E-state index in [1.165, 1.54) is 48.6 Å². The Balaban J connectivity index is 2.46. The van der Waals surface area contributed by atoms with E-state index in [9.17, 15) is 20.4 Å². The predicted octanol–water partition coefficient (Wildman–Crippen LogP) is 3.73. The summed E-state index contributed by atoms with van der Waals surface area (Å²) in [6, 6.07) is 8.09. The van der Waals surface area contributed by atoms with Gasteiger partial charge in [-0.05, 0) is 35.4 Å². The molecule has 6 heteroatoms. The summed E-state index contributed by atoms with van der Waals surface area (Å²) < 4.78 is 0. The number of aromatic hydroxyl groups is 4. The molecule has 0 spiro atoms. The second-order valence-corrected chi connectivity index (χ2v) is 4.78. The van der Waals surface area contributed by atoms with Crippen LogP contribution < -0.4 is 0 Å². The van der Waals surface area contributed by atoms with Crippen molar-refractivity contribution in [2.24, 2.45) is 0 Å². The van der Waals surface area contributed by atoms with E-state index in [0.29, 0.717) is 11.1 Å². The number of hydrogen-bond donors (Lipinski definition) is 4. The summed E-state index contributed by atoms with van der Waals surface area (Å²) in [5, 5.41) is 37.6. The van der Waals surface area contributed by atoms with Gasteiger partial charge in [0.15, 0.2) is 34.4 Å². The number of hydrogen-bond acceptors (Lipinski definition) is 4. The number of nitrogens with zero attached hydrogens (tertiary/aromatic N) is 2. The van der Waals surface area contributed by atoms with Gasteiger partial charge in [-0.3, -0.25) is 9.69 Å². The third-order valence-corrected chi connectivity index (χ3v) is 3.11. The monoisotopic (exact) mass is 320 g/mol. The van der Waals surface area contributed by atoms with E-state index in [1.54, 1.807) is 0 Å². The summed E-state index contributed by atoms with van der Waals surface area (Å²) in [5.41, 5.74) is 0.948. The number of rotatable bonds is 3. The van der Waals surface area contributed by atoms with Crippen LogP contribution in [0.4, 0.5) is 0 Å². The molecule has 2 rings (SSSR count). The van der Waals surface area contributed by atoms with Gasteiger partial charge in [0.05, 0.1) is 13.1 Å². The van der Waals surface area contributed by atoms with Crippen molar-refractivity contribution in [1.82, 2.24) is 0 Å². The second kappa shape index (κ2) is 6.91. The minimum absolute atomic E-state index is 0.0302. The molecule has 2 aromatic carbocycles. The first kappa shape index (κ1) is 16.5. The standard InChI is InChI=1S/C18H12N2O4/c1-19-13(7-11-3-5-15(21)17(23)9-11)14(20-2)8-12-4-6-16(22)18(24)10-12/h3-10,21-24H/b13-7+,14-8+. The third kappa shape index (κ3) is 3.65. The van der Waals surface area contributed by atoms with Crippen molar-refractivity contribution >= 4 is 12.2 Å². The van der Waals surface area contributed by atoms with Crippen LogP contribution in [0.25, 0.3) is 21.8 Å². The molecule has 0 aliphatic rings. The van der Waals surface area contributed by atoms with E-state index >= 15 is 0 Å². The Bertz CT molecular complexity index is 854. The molecule has 24 heavy (non-hydrogen) atoms. The molecule has 0 heterocycles. The zero-order valence-electron chi connectivity index (χ0n) is 12.3. The molecule has 0 unspecified atom stereocenters. The summed E-state index contributed by atoms with van der Waals surface area (Å²) in [6.45, 7) is 14.5. The van der Waals surface area contributed by atoms with Gasteiger partial charge in [-0.25, -0.2) is 0 Å². The van der Waals surface area contributed by atoms with Gasteiger partial charge in [-0.2, -0.15) is 0 Å². The van der Waals surface area contributed by atoms with Crippen molar-refractivity contribution < 1.29 is 20.4 Å². The Morgan fingerprint density at radius 2 is 1.04 bits per heavy atom. The average molecular weight is 320 g/mol. The van der Waals surface area contributed by atoms with Gasteiger partial charge in [0, 0.05) is 0 Å². The van der Waals surface area contributed by atoms with Crippen LogP contribution in [0.1, 0.15) is 11.1 Å². The number of phenols is 4. The first-order chi connectivity index (χ1) is 11.4. The first-order valence-corrected chi connectivity index (χ1v) is 6.67. The lowest BCUT2D eigenvalue weighted by atomic mass is 10.1. The Hall–Kier alpha value is -3.90. The van der Waals surface area contributed by atoms with Crippen LogP contribution in [-0.4, -0.2) is 20.4 Å². The van der Waals surface area contributed by atoms with Gasteiger partial charge in [0.1, 0.15) is 0 Å². The largest absolute Gasteiger partial charge is 0.504 e. The van der Waals surface area contributed by atoms with E-state index in [1.807, 2.05) is 0 Å². The minimum Gasteiger partial charge on any atom is -0.504 e. The molecule has 0 amide bonds. The summed E-state index contributed by atoms with van der Waals surface area (Å²) >= 11 is 0. The van der Waals surface area contributed by atoms with Crippen molar-refractivity contribution in [1.29, 1.82) is 0 Å². The maximum atomic E-state index is 9.49. The fraction of sp³-hybridized carbons (Fsp3) is 0. The van der Waals surface area contributed by atoms with Gasteiger partial charge in [-0.15, -0.1) is 0 Å². The van der Waals surface area contributed by atoms with Gasteiger partial charge in [-0.1, -0.05) is 24.3 Å². The highest BCUT2D eigenvalue weighted by atomic mass is 16.3. The highest BCUT2D eigenvalue weighted by Gasteiger charge is 2.08. The Morgan fingerprint density at radius 1 is 0.667 bits per heavy atom. The fourth-order valence-corrected chi connectivity index (χ4v) is 1.90. The van der Waals surface area contributed by atoms with E-state index < -0.39 is 0 Å². The Labute approximate surface area is 138 Å². The van der Waals surface area contributed by atoms with Gasteiger partial charge >= 0.3 is 0 Å². The van der Waals surface area contributed by atoms with Crippen molar-refractivity contribution in [2.75, 3.05) is 0 Å². The molecule has 2 aromatic rings. The Morgan fingerprint density at radius 3 is 1.33 bits per heavy atom. The summed E-state index contributed by atoms with van der Waals surface area (Å²) in [4.78, 5) is 6.63. The number of benzene rings is 2. The molecule has 6 nitrogen and oxygen atoms in total. The second-order valence-electron chi connectivity index (χ2n) is 4.78. The van der Waals surface area contributed by atoms with Crippen LogP contribution in [0.2, 0.25) is 0 Å². The summed E-state index contributed by atoms with van der Waals surface area (Å²) in [7, 11) is 0. The highest BCUT2D eigenvalue weighted by Crippen LogP contribution is 2.29. The molecule has 0 saturated heterocycles. The van der Waals surface area contributed by atoms with Gasteiger partial charge in [0.25, 0.3) is 0 Å². The third-order valence-electron chi connectivity index (χ3n) is 3.11. The van der Waals surface area contributed by atoms with Crippen molar-refractivity contribution in [2.45, 2.75) is 0 Å². The lowest BCUT2D eigenvalue weighted by Crippen LogP contribution is -1.83. The van der Waals surface area contributed by atoms with Crippen LogP contribution in [0.3, 0.4) is 0 Å². The lowest BCUT2D eigenvalue weighted by Gasteiger charge is -2.02. The molecule has 0 radical (unpaired) electrons. The van der Waals surface area contributed by atoms with Crippen LogP contribution >= 0.6 is 0 Å². The van der Waals surface area contributed by atoms with Crippen molar-refractivity contribution in [3.8, 4) is 23.0 Å². The molecule has 0 aliphatic carbocycles. The average Bonchev–Trinajstić information content (AvgIpc) is 2.57. The fourth-order valence-electron chi connectivity index (χ4n) is 1.90. The molecule has 4 N–H and O–H groups in total. The molecule has 0 bridgehead atoms. The van der Waals surface area contributed by atoms with Crippen LogP contribution in [0, 0.1) is 13.1 Å². The molecular formula is C18H12N2O4.